The first-order valence-electron chi connectivity index (χ1n) is 9.66. The predicted molar refractivity (Wildman–Crippen MR) is 116 cm³/mol. The third-order valence-electron chi connectivity index (χ3n) is 3.81. The van der Waals surface area contributed by atoms with E-state index in [0.717, 1.165) is 0 Å². The normalized spacial score (nSPS) is 14.5. The molecule has 0 saturated heterocycles. The summed E-state index contributed by atoms with van der Waals surface area (Å²) in [7, 11) is -3.72. The minimum atomic E-state index is -4.17. The van der Waals surface area contributed by atoms with Crippen molar-refractivity contribution < 1.29 is 31.5 Å². The molecule has 0 aliphatic rings. The van der Waals surface area contributed by atoms with Crippen LogP contribution >= 0.6 is 19.2 Å². The second kappa shape index (κ2) is 10.7. The Morgan fingerprint density at radius 3 is 1.90 bits per heavy atom. The summed E-state index contributed by atoms with van der Waals surface area (Å²) < 4.78 is 69.0. The topological polar surface area (TPSA) is 56.8 Å². The molecule has 1 N–H and O–H groups in total. The molecule has 2 unspecified atom stereocenters. The van der Waals surface area contributed by atoms with Gasteiger partial charge in [0.05, 0.1) is 12.2 Å². The van der Waals surface area contributed by atoms with Crippen LogP contribution in [-0.4, -0.2) is 23.9 Å². The molecule has 2 rings (SSSR count). The van der Waals surface area contributed by atoms with Crippen LogP contribution in [0.3, 0.4) is 0 Å². The van der Waals surface area contributed by atoms with Crippen LogP contribution < -0.4 is 10.1 Å². The number of nitrogens with one attached hydrogen (secondary N) is 1. The molecule has 2 aromatic carbocycles. The molecular weight excluding hydrogens is 454 g/mol. The van der Waals surface area contributed by atoms with Gasteiger partial charge in [0.2, 0.25) is 0 Å². The zero-order valence-electron chi connectivity index (χ0n) is 17.6. The van der Waals surface area contributed by atoms with Gasteiger partial charge in [-0.1, -0.05) is 41.9 Å². The summed E-state index contributed by atoms with van der Waals surface area (Å²) in [6, 6.07) is 14.2. The molecule has 0 radical (unpaired) electrons. The number of alkyl halides is 4. The van der Waals surface area contributed by atoms with Crippen LogP contribution in [-0.2, 0) is 13.6 Å². The summed E-state index contributed by atoms with van der Waals surface area (Å²) in [5.41, 5.74) is -1.89. The van der Waals surface area contributed by atoms with Gasteiger partial charge < -0.3 is 19.1 Å². The Bertz CT molecular complexity index is 853. The van der Waals surface area contributed by atoms with E-state index in [0.29, 0.717) is 11.3 Å². The Balaban J connectivity index is 2.35. The highest BCUT2D eigenvalue weighted by atomic mass is 35.5. The minimum Gasteiger partial charge on any atom is -0.429 e. The predicted octanol–water partition coefficient (Wildman–Crippen LogP) is 7.35. The molecule has 0 aromatic heterocycles. The largest absolute Gasteiger partial charge is 0.444 e. The molecule has 0 aliphatic carbocycles. The molecule has 0 saturated carbocycles. The Morgan fingerprint density at radius 1 is 0.935 bits per heavy atom. The van der Waals surface area contributed by atoms with Gasteiger partial charge in [-0.2, -0.15) is 8.78 Å². The van der Waals surface area contributed by atoms with E-state index in [-0.39, 0.29) is 18.0 Å². The van der Waals surface area contributed by atoms with Crippen molar-refractivity contribution in [3.05, 3.63) is 60.2 Å². The average Bonchev–Trinajstić information content (AvgIpc) is 2.66. The zero-order chi connectivity index (χ0) is 23.2. The lowest BCUT2D eigenvalue weighted by Gasteiger charge is -2.31. The fraction of sp³-hybridized carbons (Fsp3) is 0.429. The van der Waals surface area contributed by atoms with Crippen molar-refractivity contribution in [1.29, 1.82) is 0 Å². The Morgan fingerprint density at radius 2 is 1.45 bits per heavy atom. The van der Waals surface area contributed by atoms with Crippen molar-refractivity contribution in [2.24, 2.45) is 0 Å². The number of anilines is 1. The van der Waals surface area contributed by atoms with Crippen LogP contribution in [0.5, 0.6) is 5.75 Å². The van der Waals surface area contributed by atoms with Crippen LogP contribution in [0.25, 0.3) is 0 Å². The number of ether oxygens (including phenoxy) is 1. The maximum absolute atomic E-state index is 13.8. The molecule has 0 fully saturated rings. The molecule has 0 bridgehead atoms. The summed E-state index contributed by atoms with van der Waals surface area (Å²) in [5, 5.41) is 3.10. The first-order chi connectivity index (χ1) is 14.4. The zero-order valence-corrected chi connectivity index (χ0v) is 19.2. The van der Waals surface area contributed by atoms with Gasteiger partial charge in [0, 0.05) is 5.69 Å². The maximum Gasteiger partial charge on any atom is 0.444 e. The highest BCUT2D eigenvalue weighted by Gasteiger charge is 2.42. The summed E-state index contributed by atoms with van der Waals surface area (Å²) in [6.45, 7) is 7.00. The number of hydrogen-bond donors (Lipinski definition) is 1. The van der Waals surface area contributed by atoms with E-state index in [1.807, 2.05) is 6.07 Å². The van der Waals surface area contributed by atoms with Crippen LogP contribution in [0.15, 0.2) is 54.6 Å². The third kappa shape index (κ3) is 7.42. The second-order valence-electron chi connectivity index (χ2n) is 7.29. The van der Waals surface area contributed by atoms with E-state index in [1.54, 1.807) is 52.0 Å². The van der Waals surface area contributed by atoms with Gasteiger partial charge in [0.1, 0.15) is 5.75 Å². The summed E-state index contributed by atoms with van der Waals surface area (Å²) in [4.78, 5) is 0. The fourth-order valence-electron chi connectivity index (χ4n) is 2.69. The van der Waals surface area contributed by atoms with Crippen LogP contribution in [0, 0.1) is 0 Å². The van der Waals surface area contributed by atoms with Crippen molar-refractivity contribution in [2.75, 3.05) is 5.32 Å². The van der Waals surface area contributed by atoms with Gasteiger partial charge in [-0.3, -0.25) is 4.57 Å². The summed E-state index contributed by atoms with van der Waals surface area (Å²) in [5.74, 6) is -1.15. The van der Waals surface area contributed by atoms with E-state index < -0.39 is 25.1 Å². The fourth-order valence-corrected chi connectivity index (χ4v) is 5.05. The molecule has 5 nitrogen and oxygen atoms in total. The number of halogens is 4. The molecule has 0 heterocycles. The van der Waals surface area contributed by atoms with Gasteiger partial charge in [-0.25, -0.2) is 4.39 Å². The van der Waals surface area contributed by atoms with Gasteiger partial charge >= 0.3 is 13.7 Å². The molecule has 172 valence electrons. The van der Waals surface area contributed by atoms with Crippen LogP contribution in [0.2, 0.25) is 0 Å². The smallest absolute Gasteiger partial charge is 0.429 e. The van der Waals surface area contributed by atoms with Crippen molar-refractivity contribution in [1.82, 2.24) is 0 Å². The van der Waals surface area contributed by atoms with Crippen molar-refractivity contribution in [3.8, 4) is 5.75 Å². The van der Waals surface area contributed by atoms with E-state index >= 15 is 0 Å². The highest BCUT2D eigenvalue weighted by molar-refractivity contribution is 7.54. The van der Waals surface area contributed by atoms with E-state index in [9.17, 15) is 17.7 Å². The SMILES string of the molecule is CC(C)OP(=O)(OC(C)C)C(Nc1ccc(OC(F)(F)C(F)Cl)cc1)c1ccccc1. The molecule has 0 amide bonds. The number of benzene rings is 2. The lowest BCUT2D eigenvalue weighted by atomic mass is 10.2. The minimum absolute atomic E-state index is 0.282. The summed E-state index contributed by atoms with van der Waals surface area (Å²) >= 11 is 4.81. The number of rotatable bonds is 11. The average molecular weight is 480 g/mol. The van der Waals surface area contributed by atoms with E-state index in [1.165, 1.54) is 24.3 Å². The van der Waals surface area contributed by atoms with Crippen molar-refractivity contribution in [3.63, 3.8) is 0 Å². The lowest BCUT2D eigenvalue weighted by molar-refractivity contribution is -0.199. The second-order valence-corrected chi connectivity index (χ2v) is 9.70. The molecule has 10 heteroatoms. The third-order valence-corrected chi connectivity index (χ3v) is 6.56. The molecule has 2 atom stereocenters. The monoisotopic (exact) mass is 479 g/mol. The van der Waals surface area contributed by atoms with E-state index in [2.05, 4.69) is 10.1 Å². The Hall–Kier alpha value is -1.73. The lowest BCUT2D eigenvalue weighted by Crippen LogP contribution is -2.32. The standard InChI is InChI=1S/C21H26ClF3NO4P/c1-14(2)29-31(27,30-15(3)4)19(16-8-6-5-7-9-16)26-17-10-12-18(13-11-17)28-21(24,25)20(22)23/h5-15,19-20,26H,1-4H3. The van der Waals surface area contributed by atoms with Crippen molar-refractivity contribution >= 4 is 24.9 Å². The molecule has 31 heavy (non-hydrogen) atoms. The van der Waals surface area contributed by atoms with Crippen LogP contribution in [0.1, 0.15) is 39.0 Å². The first-order valence-corrected chi connectivity index (χ1v) is 11.7. The van der Waals surface area contributed by atoms with E-state index in [4.69, 9.17) is 20.6 Å². The van der Waals surface area contributed by atoms with Crippen LogP contribution in [0.4, 0.5) is 18.9 Å². The first kappa shape index (κ1) is 25.5. The quantitative estimate of drug-likeness (QED) is 0.270. The Kier molecular flexibility index (Phi) is 8.83. The summed E-state index contributed by atoms with van der Waals surface area (Å²) in [6.07, 6.45) is -4.92. The van der Waals surface area contributed by atoms with Gasteiger partial charge in [0.25, 0.3) is 5.63 Å². The molecule has 2 aromatic rings. The molecule has 0 spiro atoms. The molecule has 0 aliphatic heterocycles. The van der Waals surface area contributed by atoms with Gasteiger partial charge in [-0.15, -0.1) is 0 Å². The highest BCUT2D eigenvalue weighted by Crippen LogP contribution is 2.62. The maximum atomic E-state index is 13.8. The van der Waals surface area contributed by atoms with Gasteiger partial charge in [0.15, 0.2) is 5.78 Å². The van der Waals surface area contributed by atoms with Crippen molar-refractivity contribution in [2.45, 2.75) is 57.4 Å². The molecular formula is C21H26ClF3NO4P. The van der Waals surface area contributed by atoms with Gasteiger partial charge in [-0.05, 0) is 57.5 Å². The number of hydrogen-bond acceptors (Lipinski definition) is 5. The Labute approximate surface area is 185 Å².